The third-order valence-corrected chi connectivity index (χ3v) is 4.91. The Morgan fingerprint density at radius 3 is 3.09 bits per heavy atom. The van der Waals surface area contributed by atoms with Crippen molar-refractivity contribution < 1.29 is 4.79 Å². The quantitative estimate of drug-likeness (QED) is 0.915. The highest BCUT2D eigenvalue weighted by Gasteiger charge is 2.16. The van der Waals surface area contributed by atoms with E-state index in [0.717, 1.165) is 29.2 Å². The number of benzene rings is 1. The normalized spacial score (nSPS) is 18.0. The largest absolute Gasteiger partial charge is 0.334 e. The number of imidazole rings is 1. The van der Waals surface area contributed by atoms with Crippen LogP contribution in [0, 0.1) is 0 Å². The van der Waals surface area contributed by atoms with Gasteiger partial charge in [0.2, 0.25) is 0 Å². The summed E-state index contributed by atoms with van der Waals surface area (Å²) >= 11 is 1.90. The highest BCUT2D eigenvalue weighted by Crippen LogP contribution is 2.21. The molecule has 2 N–H and O–H groups in total. The van der Waals surface area contributed by atoms with Gasteiger partial charge in [-0.15, -0.1) is 0 Å². The summed E-state index contributed by atoms with van der Waals surface area (Å²) < 4.78 is 1.96. The van der Waals surface area contributed by atoms with Gasteiger partial charge in [-0.3, -0.25) is 0 Å². The zero-order valence-electron chi connectivity index (χ0n) is 12.6. The van der Waals surface area contributed by atoms with Crippen LogP contribution >= 0.6 is 11.8 Å². The van der Waals surface area contributed by atoms with Crippen LogP contribution in [0.3, 0.4) is 0 Å². The molecule has 2 aromatic rings. The predicted octanol–water partition coefficient (Wildman–Crippen LogP) is 3.10. The Labute approximate surface area is 134 Å². The minimum Gasteiger partial charge on any atom is -0.334 e. The monoisotopic (exact) mass is 316 g/mol. The van der Waals surface area contributed by atoms with E-state index in [9.17, 15) is 4.79 Å². The fourth-order valence-corrected chi connectivity index (χ4v) is 3.66. The average molecular weight is 316 g/mol. The van der Waals surface area contributed by atoms with E-state index in [1.807, 2.05) is 53.8 Å². The van der Waals surface area contributed by atoms with Crippen molar-refractivity contribution in [2.45, 2.75) is 18.9 Å². The molecular weight excluding hydrogens is 296 g/mol. The molecule has 2 heterocycles. The lowest BCUT2D eigenvalue weighted by atomic mass is 10.2. The van der Waals surface area contributed by atoms with Crippen molar-refractivity contribution in [1.82, 2.24) is 14.9 Å². The predicted molar refractivity (Wildman–Crippen MR) is 91.1 cm³/mol. The summed E-state index contributed by atoms with van der Waals surface area (Å²) in [6.45, 7) is 0. The number of carbonyl (C=O) groups excluding carboxylic acids is 1. The number of hydrogen-bond acceptors (Lipinski definition) is 3. The number of thioether (sulfide) groups is 1. The maximum Gasteiger partial charge on any atom is 0.319 e. The molecular formula is C16H20N4OS. The standard InChI is InChI=1S/C16H20N4OS/c1-20-8-7-17-15(20)12-4-2-5-13(10-12)18-16(21)19-14-6-3-9-22-11-14/h2,4-5,7-8,10,14H,3,6,9,11H2,1H3,(H2,18,19,21)/t14-/m1/s1. The second-order valence-corrected chi connectivity index (χ2v) is 6.60. The van der Waals surface area contributed by atoms with Crippen molar-refractivity contribution in [2.24, 2.45) is 7.05 Å². The summed E-state index contributed by atoms with van der Waals surface area (Å²) in [7, 11) is 1.95. The molecule has 1 aromatic carbocycles. The maximum absolute atomic E-state index is 12.1. The second-order valence-electron chi connectivity index (χ2n) is 5.46. The van der Waals surface area contributed by atoms with E-state index in [0.29, 0.717) is 0 Å². The topological polar surface area (TPSA) is 59.0 Å². The van der Waals surface area contributed by atoms with Crippen LogP contribution in [0.1, 0.15) is 12.8 Å². The van der Waals surface area contributed by atoms with E-state index < -0.39 is 0 Å². The Morgan fingerprint density at radius 1 is 1.45 bits per heavy atom. The van der Waals surface area contributed by atoms with Gasteiger partial charge >= 0.3 is 6.03 Å². The van der Waals surface area contributed by atoms with E-state index in [-0.39, 0.29) is 12.1 Å². The van der Waals surface area contributed by atoms with Crippen LogP contribution in [0.15, 0.2) is 36.7 Å². The minimum absolute atomic E-state index is 0.135. The molecule has 1 fully saturated rings. The Balaban J connectivity index is 1.65. The van der Waals surface area contributed by atoms with Crippen LogP contribution in [0.25, 0.3) is 11.4 Å². The zero-order chi connectivity index (χ0) is 15.4. The first kappa shape index (κ1) is 15.0. The van der Waals surface area contributed by atoms with Gasteiger partial charge in [0, 0.05) is 42.5 Å². The van der Waals surface area contributed by atoms with E-state index in [1.165, 1.54) is 12.2 Å². The smallest absolute Gasteiger partial charge is 0.319 e. The van der Waals surface area contributed by atoms with E-state index in [2.05, 4.69) is 15.6 Å². The van der Waals surface area contributed by atoms with Crippen molar-refractivity contribution in [1.29, 1.82) is 0 Å². The Morgan fingerprint density at radius 2 is 2.36 bits per heavy atom. The molecule has 5 nitrogen and oxygen atoms in total. The number of aryl methyl sites for hydroxylation is 1. The number of rotatable bonds is 3. The summed E-state index contributed by atoms with van der Waals surface area (Å²) in [6.07, 6.45) is 5.91. The highest BCUT2D eigenvalue weighted by atomic mass is 32.2. The van der Waals surface area contributed by atoms with Crippen molar-refractivity contribution in [3.63, 3.8) is 0 Å². The van der Waals surface area contributed by atoms with Crippen molar-refractivity contribution in [2.75, 3.05) is 16.8 Å². The SMILES string of the molecule is Cn1ccnc1-c1cccc(NC(=O)N[C@@H]2CCCSC2)c1. The summed E-state index contributed by atoms with van der Waals surface area (Å²) in [6, 6.07) is 7.89. The fourth-order valence-electron chi connectivity index (χ4n) is 2.59. The first-order chi connectivity index (χ1) is 10.7. The van der Waals surface area contributed by atoms with Gasteiger partial charge in [0.15, 0.2) is 0 Å². The third kappa shape index (κ3) is 3.62. The number of aromatic nitrogens is 2. The lowest BCUT2D eigenvalue weighted by molar-refractivity contribution is 0.248. The van der Waals surface area contributed by atoms with Crippen molar-refractivity contribution in [3.8, 4) is 11.4 Å². The van der Waals surface area contributed by atoms with Crippen LogP contribution in [0.2, 0.25) is 0 Å². The molecule has 6 heteroatoms. The fraction of sp³-hybridized carbons (Fsp3) is 0.375. The molecule has 0 radical (unpaired) electrons. The molecule has 3 rings (SSSR count). The Bertz CT molecular complexity index is 649. The molecule has 0 aliphatic carbocycles. The molecule has 0 unspecified atom stereocenters. The third-order valence-electron chi connectivity index (χ3n) is 3.70. The molecule has 116 valence electrons. The number of carbonyl (C=O) groups is 1. The molecule has 1 aliphatic heterocycles. The molecule has 2 amide bonds. The number of hydrogen-bond donors (Lipinski definition) is 2. The maximum atomic E-state index is 12.1. The first-order valence-electron chi connectivity index (χ1n) is 7.45. The summed E-state index contributed by atoms with van der Waals surface area (Å²) in [5.41, 5.74) is 1.76. The van der Waals surface area contributed by atoms with Crippen molar-refractivity contribution >= 4 is 23.5 Å². The van der Waals surface area contributed by atoms with E-state index in [1.54, 1.807) is 6.20 Å². The van der Waals surface area contributed by atoms with Crippen LogP contribution in [0.5, 0.6) is 0 Å². The van der Waals surface area contributed by atoms with Gasteiger partial charge in [0.05, 0.1) is 0 Å². The van der Waals surface area contributed by atoms with E-state index >= 15 is 0 Å². The number of nitrogens with zero attached hydrogens (tertiary/aromatic N) is 2. The Hall–Kier alpha value is -1.95. The lowest BCUT2D eigenvalue weighted by Gasteiger charge is -2.22. The summed E-state index contributed by atoms with van der Waals surface area (Å²) in [5.74, 6) is 3.08. The van der Waals surface area contributed by atoms with Gasteiger partial charge in [0.1, 0.15) is 5.82 Å². The molecule has 1 saturated heterocycles. The van der Waals surface area contributed by atoms with Crippen LogP contribution < -0.4 is 10.6 Å². The van der Waals surface area contributed by atoms with Crippen molar-refractivity contribution in [3.05, 3.63) is 36.7 Å². The van der Waals surface area contributed by atoms with Crippen LogP contribution in [-0.2, 0) is 7.05 Å². The number of urea groups is 1. The summed E-state index contributed by atoms with van der Waals surface area (Å²) in [5, 5.41) is 5.96. The molecule has 22 heavy (non-hydrogen) atoms. The highest BCUT2D eigenvalue weighted by molar-refractivity contribution is 7.99. The molecule has 0 saturated carbocycles. The van der Waals surface area contributed by atoms with Gasteiger partial charge < -0.3 is 15.2 Å². The van der Waals surface area contributed by atoms with Crippen LogP contribution in [0.4, 0.5) is 10.5 Å². The van der Waals surface area contributed by atoms with Gasteiger partial charge in [-0.2, -0.15) is 11.8 Å². The summed E-state index contributed by atoms with van der Waals surface area (Å²) in [4.78, 5) is 16.4. The first-order valence-corrected chi connectivity index (χ1v) is 8.61. The molecule has 0 spiro atoms. The molecule has 0 bridgehead atoms. The van der Waals surface area contributed by atoms with Gasteiger partial charge in [-0.1, -0.05) is 12.1 Å². The van der Waals surface area contributed by atoms with Gasteiger partial charge in [-0.25, -0.2) is 9.78 Å². The lowest BCUT2D eigenvalue weighted by Crippen LogP contribution is -2.40. The Kier molecular flexibility index (Phi) is 4.68. The van der Waals surface area contributed by atoms with E-state index in [4.69, 9.17) is 0 Å². The number of nitrogens with one attached hydrogen (secondary N) is 2. The number of anilines is 1. The van der Waals surface area contributed by atoms with Gasteiger partial charge in [0.25, 0.3) is 0 Å². The zero-order valence-corrected chi connectivity index (χ0v) is 13.4. The molecule has 1 atom stereocenters. The average Bonchev–Trinajstić information content (AvgIpc) is 2.94. The minimum atomic E-state index is -0.135. The second kappa shape index (κ2) is 6.87. The number of amides is 2. The van der Waals surface area contributed by atoms with Crippen LogP contribution in [-0.4, -0.2) is 33.1 Å². The van der Waals surface area contributed by atoms with Gasteiger partial charge in [-0.05, 0) is 30.7 Å². The molecule has 1 aliphatic rings. The molecule has 1 aromatic heterocycles.